The van der Waals surface area contributed by atoms with Crippen molar-refractivity contribution >= 4 is 41.3 Å². The van der Waals surface area contributed by atoms with Gasteiger partial charge in [0.1, 0.15) is 12.3 Å². The summed E-state index contributed by atoms with van der Waals surface area (Å²) in [6.45, 7) is 5.54. The third kappa shape index (κ3) is 5.07. The Bertz CT molecular complexity index is 750. The zero-order chi connectivity index (χ0) is 20.1. The minimum absolute atomic E-state index is 0.160. The number of halogens is 1. The first kappa shape index (κ1) is 20.9. The summed E-state index contributed by atoms with van der Waals surface area (Å²) in [5, 5.41) is 5.49. The number of carbonyl (C=O) groups is 4. The number of hydrogen-bond acceptors (Lipinski definition) is 4. The molecule has 0 bridgehead atoms. The van der Waals surface area contributed by atoms with Gasteiger partial charge in [-0.2, -0.15) is 0 Å². The van der Waals surface area contributed by atoms with Crippen LogP contribution in [0.2, 0.25) is 5.02 Å². The molecule has 146 valence electrons. The van der Waals surface area contributed by atoms with Gasteiger partial charge in [-0.25, -0.2) is 0 Å². The number of anilines is 1. The van der Waals surface area contributed by atoms with Crippen LogP contribution in [0.1, 0.15) is 44.0 Å². The fourth-order valence-corrected chi connectivity index (χ4v) is 3.37. The van der Waals surface area contributed by atoms with Crippen molar-refractivity contribution in [3.8, 4) is 0 Å². The van der Waals surface area contributed by atoms with E-state index in [2.05, 4.69) is 10.6 Å². The van der Waals surface area contributed by atoms with Crippen molar-refractivity contribution in [3.63, 3.8) is 0 Å². The Hall–Kier alpha value is -2.41. The molecule has 2 N–H and O–H groups in total. The van der Waals surface area contributed by atoms with Crippen LogP contribution in [-0.2, 0) is 14.4 Å². The van der Waals surface area contributed by atoms with Crippen molar-refractivity contribution in [2.75, 3.05) is 11.9 Å². The van der Waals surface area contributed by atoms with Crippen LogP contribution in [0.4, 0.5) is 5.69 Å². The largest absolute Gasteiger partial charge is 0.340 e. The zero-order valence-electron chi connectivity index (χ0n) is 15.6. The molecule has 8 heteroatoms. The highest BCUT2D eigenvalue weighted by Crippen LogP contribution is 2.23. The molecule has 2 rings (SSSR count). The summed E-state index contributed by atoms with van der Waals surface area (Å²) in [5.41, 5.74) is 0.684. The molecule has 1 fully saturated rings. The van der Waals surface area contributed by atoms with Gasteiger partial charge in [-0.1, -0.05) is 25.4 Å². The van der Waals surface area contributed by atoms with Crippen molar-refractivity contribution < 1.29 is 19.2 Å². The van der Waals surface area contributed by atoms with E-state index in [0.717, 1.165) is 12.7 Å². The lowest BCUT2D eigenvalue weighted by Gasteiger charge is -2.29. The summed E-state index contributed by atoms with van der Waals surface area (Å²) in [6, 6.07) is 3.35. The Morgan fingerprint density at radius 2 is 2.00 bits per heavy atom. The van der Waals surface area contributed by atoms with E-state index in [9.17, 15) is 19.2 Å². The molecule has 1 aliphatic heterocycles. The van der Waals surface area contributed by atoms with Gasteiger partial charge in [-0.15, -0.1) is 0 Å². The highest BCUT2D eigenvalue weighted by molar-refractivity contribution is 6.34. The summed E-state index contributed by atoms with van der Waals surface area (Å²) in [4.78, 5) is 49.3. The third-order valence-electron chi connectivity index (χ3n) is 4.49. The molecular weight excluding hydrogens is 370 g/mol. The van der Waals surface area contributed by atoms with Crippen LogP contribution in [0.25, 0.3) is 0 Å². The second-order valence-corrected chi connectivity index (χ2v) is 7.36. The normalized spacial score (nSPS) is 17.5. The molecule has 2 atom stereocenters. The molecule has 3 amide bonds. The average molecular weight is 394 g/mol. The maximum absolute atomic E-state index is 12.9. The number of nitrogens with one attached hydrogen (secondary N) is 2. The van der Waals surface area contributed by atoms with Gasteiger partial charge in [0.05, 0.1) is 16.6 Å². The van der Waals surface area contributed by atoms with Crippen molar-refractivity contribution in [1.82, 2.24) is 10.2 Å². The second kappa shape index (κ2) is 8.99. The van der Waals surface area contributed by atoms with Gasteiger partial charge in [0.15, 0.2) is 0 Å². The molecule has 1 aromatic rings. The van der Waals surface area contributed by atoms with Crippen LogP contribution in [0.3, 0.4) is 0 Å². The fourth-order valence-electron chi connectivity index (χ4n) is 3.10. The molecule has 0 spiro atoms. The molecular formula is C19H24ClN3O4. The van der Waals surface area contributed by atoms with Crippen LogP contribution >= 0.6 is 11.6 Å². The zero-order valence-corrected chi connectivity index (χ0v) is 16.4. The monoisotopic (exact) mass is 393 g/mol. The van der Waals surface area contributed by atoms with Gasteiger partial charge in [0.25, 0.3) is 5.91 Å². The number of amides is 3. The SMILES string of the molecule is CC(=O)Nc1ccc(C(=O)N[C@H](C(=O)N2CCC[C@H]2C=O)C(C)C)c(Cl)c1. The predicted molar refractivity (Wildman–Crippen MR) is 103 cm³/mol. The van der Waals surface area contributed by atoms with Gasteiger partial charge >= 0.3 is 0 Å². The van der Waals surface area contributed by atoms with Crippen LogP contribution in [0, 0.1) is 5.92 Å². The minimum Gasteiger partial charge on any atom is -0.340 e. The Labute approximate surface area is 163 Å². The summed E-state index contributed by atoms with van der Waals surface area (Å²) in [6.07, 6.45) is 2.19. The van der Waals surface area contributed by atoms with Crippen molar-refractivity contribution in [2.45, 2.75) is 45.7 Å². The van der Waals surface area contributed by atoms with Crippen LogP contribution in [0.5, 0.6) is 0 Å². The highest BCUT2D eigenvalue weighted by Gasteiger charge is 2.35. The molecule has 7 nitrogen and oxygen atoms in total. The Balaban J connectivity index is 2.16. The summed E-state index contributed by atoms with van der Waals surface area (Å²) < 4.78 is 0. The maximum Gasteiger partial charge on any atom is 0.253 e. The number of benzene rings is 1. The molecule has 1 aliphatic rings. The standard InChI is InChI=1S/C19H24ClN3O4/c1-11(2)17(19(27)23-8-4-5-14(23)10-24)22-18(26)15-7-6-13(9-16(15)20)21-12(3)25/h6-7,9-11,14,17H,4-5,8H2,1-3H3,(H,21,25)(H,22,26)/t14-,17-/m0/s1. The van der Waals surface area contributed by atoms with Gasteiger partial charge < -0.3 is 20.3 Å². The summed E-state index contributed by atoms with van der Waals surface area (Å²) in [5.74, 6) is -1.15. The highest BCUT2D eigenvalue weighted by atomic mass is 35.5. The maximum atomic E-state index is 12.9. The lowest BCUT2D eigenvalue weighted by molar-refractivity contribution is -0.137. The number of rotatable bonds is 6. The fraction of sp³-hybridized carbons (Fsp3) is 0.474. The summed E-state index contributed by atoms with van der Waals surface area (Å²) >= 11 is 6.17. The Morgan fingerprint density at radius 1 is 1.30 bits per heavy atom. The molecule has 1 heterocycles. The van der Waals surface area contributed by atoms with E-state index in [0.29, 0.717) is 18.7 Å². The molecule has 1 aromatic carbocycles. The smallest absolute Gasteiger partial charge is 0.253 e. The van der Waals surface area contributed by atoms with Gasteiger partial charge in [-0.3, -0.25) is 14.4 Å². The Kier molecular flexibility index (Phi) is 6.96. The van der Waals surface area contributed by atoms with E-state index in [1.807, 2.05) is 13.8 Å². The average Bonchev–Trinajstić information content (AvgIpc) is 3.06. The molecule has 0 aliphatic carbocycles. The van der Waals surface area contributed by atoms with E-state index in [1.54, 1.807) is 6.07 Å². The van der Waals surface area contributed by atoms with Gasteiger partial charge in [0.2, 0.25) is 11.8 Å². The predicted octanol–water partition coefficient (Wildman–Crippen LogP) is 2.24. The van der Waals surface area contributed by atoms with Crippen LogP contribution in [0.15, 0.2) is 18.2 Å². The number of nitrogens with zero attached hydrogens (tertiary/aromatic N) is 1. The van der Waals surface area contributed by atoms with E-state index in [4.69, 9.17) is 11.6 Å². The van der Waals surface area contributed by atoms with Crippen molar-refractivity contribution in [3.05, 3.63) is 28.8 Å². The third-order valence-corrected chi connectivity index (χ3v) is 4.81. The first-order valence-electron chi connectivity index (χ1n) is 8.88. The van der Waals surface area contributed by atoms with E-state index in [-0.39, 0.29) is 28.3 Å². The van der Waals surface area contributed by atoms with Crippen molar-refractivity contribution in [1.29, 1.82) is 0 Å². The quantitative estimate of drug-likeness (QED) is 0.724. The number of likely N-dealkylation sites (tertiary alicyclic amines) is 1. The van der Waals surface area contributed by atoms with E-state index >= 15 is 0 Å². The molecule has 0 saturated carbocycles. The number of aldehydes is 1. The van der Waals surface area contributed by atoms with E-state index in [1.165, 1.54) is 24.0 Å². The molecule has 1 saturated heterocycles. The number of carbonyl (C=O) groups excluding carboxylic acids is 4. The van der Waals surface area contributed by atoms with Gasteiger partial charge in [-0.05, 0) is 37.0 Å². The van der Waals surface area contributed by atoms with E-state index < -0.39 is 18.0 Å². The number of hydrogen-bond donors (Lipinski definition) is 2. The lowest BCUT2D eigenvalue weighted by Crippen LogP contribution is -2.52. The molecule has 0 aromatic heterocycles. The molecule has 27 heavy (non-hydrogen) atoms. The van der Waals surface area contributed by atoms with Crippen LogP contribution < -0.4 is 10.6 Å². The second-order valence-electron chi connectivity index (χ2n) is 6.95. The van der Waals surface area contributed by atoms with Crippen LogP contribution in [-0.4, -0.2) is 47.5 Å². The lowest BCUT2D eigenvalue weighted by atomic mass is 10.0. The topological polar surface area (TPSA) is 95.6 Å². The Morgan fingerprint density at radius 3 is 2.56 bits per heavy atom. The minimum atomic E-state index is -0.760. The molecule has 0 radical (unpaired) electrons. The van der Waals surface area contributed by atoms with Crippen molar-refractivity contribution in [2.24, 2.45) is 5.92 Å². The first-order chi connectivity index (χ1) is 12.7. The molecule has 0 unspecified atom stereocenters. The van der Waals surface area contributed by atoms with Gasteiger partial charge in [0, 0.05) is 19.2 Å². The summed E-state index contributed by atoms with van der Waals surface area (Å²) in [7, 11) is 0. The first-order valence-corrected chi connectivity index (χ1v) is 9.26.